The molecule has 29 heavy (non-hydrogen) atoms. The Hall–Kier alpha value is -2.38. The number of aromatic nitrogens is 3. The van der Waals surface area contributed by atoms with Crippen molar-refractivity contribution in [2.75, 3.05) is 18.0 Å². The summed E-state index contributed by atoms with van der Waals surface area (Å²) in [5, 5.41) is 14.3. The summed E-state index contributed by atoms with van der Waals surface area (Å²) in [6, 6.07) is 11.8. The summed E-state index contributed by atoms with van der Waals surface area (Å²) in [5.41, 5.74) is 3.32. The van der Waals surface area contributed by atoms with Crippen LogP contribution < -0.4 is 10.2 Å². The fraction of sp³-hybridized carbons (Fsp3) is 0.381. The van der Waals surface area contributed by atoms with E-state index in [0.717, 1.165) is 53.1 Å². The van der Waals surface area contributed by atoms with E-state index in [-0.39, 0.29) is 11.8 Å². The van der Waals surface area contributed by atoms with Gasteiger partial charge in [0.25, 0.3) is 0 Å². The molecule has 3 aromatic rings. The van der Waals surface area contributed by atoms with Crippen LogP contribution in [0.5, 0.6) is 0 Å². The first kappa shape index (κ1) is 19.9. The van der Waals surface area contributed by atoms with E-state index < -0.39 is 0 Å². The van der Waals surface area contributed by atoms with Gasteiger partial charge in [0, 0.05) is 42.0 Å². The maximum atomic E-state index is 12.5. The van der Waals surface area contributed by atoms with E-state index in [0.29, 0.717) is 11.6 Å². The molecule has 0 atom stereocenters. The summed E-state index contributed by atoms with van der Waals surface area (Å²) in [6.45, 7) is 6.28. The van der Waals surface area contributed by atoms with Gasteiger partial charge in [0.1, 0.15) is 0 Å². The Labute approximate surface area is 179 Å². The van der Waals surface area contributed by atoms with Gasteiger partial charge in [-0.15, -0.1) is 10.2 Å². The first-order valence-electron chi connectivity index (χ1n) is 9.77. The Bertz CT molecular complexity index is 987. The first-order chi connectivity index (χ1) is 14.0. The minimum absolute atomic E-state index is 0.0340. The minimum atomic E-state index is 0.0340. The van der Waals surface area contributed by atoms with Crippen LogP contribution in [0.4, 0.5) is 5.13 Å². The number of hydrogen-bond donors (Lipinski definition) is 1. The highest BCUT2D eigenvalue weighted by atomic mass is 35.5. The average Bonchev–Trinajstić information content (AvgIpc) is 3.32. The molecule has 0 spiro atoms. The number of carbonyl (C=O) groups excluding carboxylic acids is 1. The monoisotopic (exact) mass is 429 g/mol. The van der Waals surface area contributed by atoms with Crippen molar-refractivity contribution in [3.05, 3.63) is 58.4 Å². The highest BCUT2D eigenvalue weighted by Gasteiger charge is 2.26. The summed E-state index contributed by atoms with van der Waals surface area (Å²) < 4.78 is 2.12. The largest absolute Gasteiger partial charge is 0.352 e. The van der Waals surface area contributed by atoms with Crippen LogP contribution in [-0.2, 0) is 11.3 Å². The normalized spacial score (nSPS) is 14.9. The molecule has 0 bridgehead atoms. The van der Waals surface area contributed by atoms with Crippen LogP contribution in [0, 0.1) is 19.8 Å². The lowest BCUT2D eigenvalue weighted by Gasteiger charge is -2.30. The number of benzene rings is 1. The lowest BCUT2D eigenvalue weighted by atomic mass is 9.96. The fourth-order valence-corrected chi connectivity index (χ4v) is 4.94. The molecule has 1 saturated heterocycles. The molecule has 0 radical (unpaired) electrons. The molecule has 2 aromatic heterocycles. The number of halogens is 1. The zero-order chi connectivity index (χ0) is 20.4. The minimum Gasteiger partial charge on any atom is -0.352 e. The Morgan fingerprint density at radius 2 is 1.83 bits per heavy atom. The molecule has 152 valence electrons. The lowest BCUT2D eigenvalue weighted by molar-refractivity contribution is -0.125. The zero-order valence-corrected chi connectivity index (χ0v) is 18.1. The molecule has 3 heterocycles. The van der Waals surface area contributed by atoms with Crippen molar-refractivity contribution in [1.82, 2.24) is 20.1 Å². The van der Waals surface area contributed by atoms with E-state index in [4.69, 9.17) is 11.6 Å². The molecule has 6 nitrogen and oxygen atoms in total. The summed E-state index contributed by atoms with van der Waals surface area (Å²) in [5.74, 6) is 0.146. The molecule has 4 rings (SSSR count). The van der Waals surface area contributed by atoms with Crippen molar-refractivity contribution < 1.29 is 4.79 Å². The second kappa shape index (κ2) is 8.55. The topological polar surface area (TPSA) is 63.1 Å². The number of carbonyl (C=O) groups is 1. The van der Waals surface area contributed by atoms with Gasteiger partial charge in [0.05, 0.1) is 0 Å². The molecular weight excluding hydrogens is 406 g/mol. The van der Waals surface area contributed by atoms with Crippen LogP contribution in [0.1, 0.15) is 29.8 Å². The van der Waals surface area contributed by atoms with Gasteiger partial charge in [0.2, 0.25) is 16.2 Å². The van der Waals surface area contributed by atoms with Crippen molar-refractivity contribution in [2.45, 2.75) is 33.2 Å². The van der Waals surface area contributed by atoms with Gasteiger partial charge in [-0.3, -0.25) is 9.36 Å². The second-order valence-corrected chi connectivity index (χ2v) is 8.80. The number of nitrogens with one attached hydrogen (secondary N) is 1. The SMILES string of the molecule is Cc1ccc(C)n1-c1nnc(N2CCC(C(=O)NCc3cccc(Cl)c3)CC2)s1. The third-order valence-electron chi connectivity index (χ3n) is 5.36. The molecule has 1 aliphatic rings. The van der Waals surface area contributed by atoms with Crippen molar-refractivity contribution in [3.8, 4) is 5.13 Å². The average molecular weight is 430 g/mol. The number of anilines is 1. The number of nitrogens with zero attached hydrogens (tertiary/aromatic N) is 4. The Balaban J connectivity index is 1.32. The van der Waals surface area contributed by atoms with Gasteiger partial charge in [0.15, 0.2) is 0 Å². The molecule has 1 fully saturated rings. The van der Waals surface area contributed by atoms with Crippen molar-refractivity contribution in [2.24, 2.45) is 5.92 Å². The van der Waals surface area contributed by atoms with Gasteiger partial charge in [-0.2, -0.15) is 0 Å². The molecule has 1 N–H and O–H groups in total. The summed E-state index contributed by atoms with van der Waals surface area (Å²) >= 11 is 7.60. The molecule has 1 aliphatic heterocycles. The Morgan fingerprint density at radius 3 is 2.52 bits per heavy atom. The van der Waals surface area contributed by atoms with Crippen LogP contribution in [0.15, 0.2) is 36.4 Å². The number of rotatable bonds is 5. The van der Waals surface area contributed by atoms with Gasteiger partial charge < -0.3 is 10.2 Å². The van der Waals surface area contributed by atoms with Crippen LogP contribution in [0.25, 0.3) is 5.13 Å². The predicted octanol–water partition coefficient (Wildman–Crippen LogP) is 4.13. The molecule has 0 saturated carbocycles. The Morgan fingerprint density at radius 1 is 1.14 bits per heavy atom. The van der Waals surface area contributed by atoms with E-state index in [1.54, 1.807) is 11.3 Å². The molecule has 1 aromatic carbocycles. The number of aryl methyl sites for hydroxylation is 2. The highest BCUT2D eigenvalue weighted by Crippen LogP contribution is 2.29. The van der Waals surface area contributed by atoms with Crippen molar-refractivity contribution in [1.29, 1.82) is 0 Å². The molecule has 0 unspecified atom stereocenters. The van der Waals surface area contributed by atoms with Crippen molar-refractivity contribution in [3.63, 3.8) is 0 Å². The lowest BCUT2D eigenvalue weighted by Crippen LogP contribution is -2.40. The summed E-state index contributed by atoms with van der Waals surface area (Å²) in [6.07, 6.45) is 1.63. The molecule has 1 amide bonds. The third kappa shape index (κ3) is 4.46. The van der Waals surface area contributed by atoms with Crippen LogP contribution in [0.3, 0.4) is 0 Å². The number of amides is 1. The highest BCUT2D eigenvalue weighted by molar-refractivity contribution is 7.17. The van der Waals surface area contributed by atoms with E-state index in [9.17, 15) is 4.79 Å². The molecular formula is C21H24ClN5OS. The maximum Gasteiger partial charge on any atom is 0.223 e. The van der Waals surface area contributed by atoms with E-state index in [2.05, 4.69) is 51.0 Å². The van der Waals surface area contributed by atoms with E-state index in [1.165, 1.54) is 0 Å². The van der Waals surface area contributed by atoms with E-state index in [1.807, 2.05) is 24.3 Å². The van der Waals surface area contributed by atoms with Crippen LogP contribution in [-0.4, -0.2) is 33.8 Å². The standard InChI is InChI=1S/C21H24ClN5OS/c1-14-6-7-15(2)27(14)21-25-24-20(29-21)26-10-8-17(9-11-26)19(28)23-13-16-4-3-5-18(22)12-16/h3-7,12,17H,8-11,13H2,1-2H3,(H,23,28). The van der Waals surface area contributed by atoms with Crippen LogP contribution in [0.2, 0.25) is 5.02 Å². The maximum absolute atomic E-state index is 12.5. The quantitative estimate of drug-likeness (QED) is 0.662. The zero-order valence-electron chi connectivity index (χ0n) is 16.6. The predicted molar refractivity (Wildman–Crippen MR) is 117 cm³/mol. The third-order valence-corrected chi connectivity index (χ3v) is 6.56. The van der Waals surface area contributed by atoms with Gasteiger partial charge in [-0.05, 0) is 56.5 Å². The van der Waals surface area contributed by atoms with Crippen molar-refractivity contribution >= 4 is 34.0 Å². The summed E-state index contributed by atoms with van der Waals surface area (Å²) in [7, 11) is 0. The van der Waals surface area contributed by atoms with Gasteiger partial charge >= 0.3 is 0 Å². The fourth-order valence-electron chi connectivity index (χ4n) is 3.71. The smallest absolute Gasteiger partial charge is 0.223 e. The number of hydrogen-bond acceptors (Lipinski definition) is 5. The summed E-state index contributed by atoms with van der Waals surface area (Å²) in [4.78, 5) is 14.8. The van der Waals surface area contributed by atoms with Gasteiger partial charge in [-0.1, -0.05) is 35.1 Å². The molecule has 8 heteroatoms. The first-order valence-corrected chi connectivity index (χ1v) is 11.0. The van der Waals surface area contributed by atoms with Crippen LogP contribution >= 0.6 is 22.9 Å². The molecule has 0 aliphatic carbocycles. The second-order valence-electron chi connectivity index (χ2n) is 7.43. The van der Waals surface area contributed by atoms with E-state index >= 15 is 0 Å². The Kier molecular flexibility index (Phi) is 5.87. The van der Waals surface area contributed by atoms with Gasteiger partial charge in [-0.25, -0.2) is 0 Å². The number of piperidine rings is 1.